The van der Waals surface area contributed by atoms with Crippen LogP contribution in [0.1, 0.15) is 32.8 Å². The number of carbonyl (C=O) groups is 1. The van der Waals surface area contributed by atoms with Gasteiger partial charge >= 0.3 is 0 Å². The van der Waals surface area contributed by atoms with Gasteiger partial charge in [0.1, 0.15) is 11.9 Å². The summed E-state index contributed by atoms with van der Waals surface area (Å²) in [5.41, 5.74) is 7.48. The normalized spacial score (nSPS) is 15.4. The van der Waals surface area contributed by atoms with Gasteiger partial charge in [-0.05, 0) is 53.4 Å². The topological polar surface area (TPSA) is 61.0 Å². The highest BCUT2D eigenvalue weighted by atomic mass is 16.2. The van der Waals surface area contributed by atoms with E-state index < -0.39 is 0 Å². The van der Waals surface area contributed by atoms with Crippen LogP contribution >= 0.6 is 0 Å². The summed E-state index contributed by atoms with van der Waals surface area (Å²) in [5.74, 6) is 1.01. The molecule has 5 rings (SSSR count). The highest BCUT2D eigenvalue weighted by Crippen LogP contribution is 2.31. The molecule has 0 fully saturated rings. The average molecular weight is 427 g/mol. The first-order valence-corrected chi connectivity index (χ1v) is 11.3. The Hall–Kier alpha value is -3.60. The molecule has 3 aromatic carbocycles. The molecule has 0 radical (unpaired) electrons. The minimum absolute atomic E-state index is 0.141. The van der Waals surface area contributed by atoms with Gasteiger partial charge in [-0.15, -0.1) is 0 Å². The number of anilines is 1. The lowest BCUT2D eigenvalue weighted by Gasteiger charge is -2.19. The molecule has 0 aliphatic carbocycles. The molecule has 1 aromatic heterocycles. The van der Waals surface area contributed by atoms with Crippen molar-refractivity contribution in [2.24, 2.45) is 0 Å². The summed E-state index contributed by atoms with van der Waals surface area (Å²) < 4.78 is 0. The van der Waals surface area contributed by atoms with Crippen molar-refractivity contribution in [3.05, 3.63) is 72.3 Å². The first kappa shape index (κ1) is 21.6. The smallest absolute Gasteiger partial charge is 0.245 e. The molecule has 1 amide bonds. The molecule has 32 heavy (non-hydrogen) atoms. The lowest BCUT2D eigenvalue weighted by molar-refractivity contribution is -0.131. The molecule has 0 saturated heterocycles. The molecule has 4 aromatic rings. The number of para-hydroxylation sites is 2. The number of nitrogens with one attached hydrogen (secondary N) is 2. The molecule has 0 saturated carbocycles. The van der Waals surface area contributed by atoms with Crippen molar-refractivity contribution in [2.45, 2.75) is 39.8 Å². The van der Waals surface area contributed by atoms with E-state index in [4.69, 9.17) is 4.98 Å². The monoisotopic (exact) mass is 426 g/mol. The van der Waals surface area contributed by atoms with Gasteiger partial charge < -0.3 is 15.2 Å². The standard InChI is InChI=1S/C25H24N4O.C2H6/c1-3-20-25(30)29(2)15-19-14-17(11-12-21(19)26-20)16-7-6-8-18(13-16)24-27-22-9-4-5-10-23(22)28-24;1-2/h4-14,20,26H,3,15H2,1-2H3,(H,27,28);1-2H3. The van der Waals surface area contributed by atoms with Crippen LogP contribution in [0.2, 0.25) is 0 Å². The van der Waals surface area contributed by atoms with E-state index in [9.17, 15) is 4.79 Å². The molecule has 2 heterocycles. The number of amides is 1. The number of likely N-dealkylation sites (N-methyl/N-ethyl adjacent to an activating group) is 1. The number of rotatable bonds is 3. The van der Waals surface area contributed by atoms with E-state index in [0.29, 0.717) is 6.54 Å². The molecule has 5 nitrogen and oxygen atoms in total. The summed E-state index contributed by atoms with van der Waals surface area (Å²) in [7, 11) is 1.87. The number of hydrogen-bond donors (Lipinski definition) is 2. The largest absolute Gasteiger partial charge is 0.373 e. The predicted molar refractivity (Wildman–Crippen MR) is 132 cm³/mol. The van der Waals surface area contributed by atoms with Crippen molar-refractivity contribution in [1.82, 2.24) is 14.9 Å². The fourth-order valence-corrected chi connectivity index (χ4v) is 4.11. The predicted octanol–water partition coefficient (Wildman–Crippen LogP) is 6.09. The molecule has 5 heteroatoms. The third kappa shape index (κ3) is 4.11. The number of hydrogen-bond acceptors (Lipinski definition) is 3. The molecule has 164 valence electrons. The molecule has 0 spiro atoms. The van der Waals surface area contributed by atoms with Gasteiger partial charge in [-0.2, -0.15) is 0 Å². The molecule has 2 N–H and O–H groups in total. The third-order valence-electron chi connectivity index (χ3n) is 5.78. The highest BCUT2D eigenvalue weighted by Gasteiger charge is 2.25. The molecule has 1 aliphatic heterocycles. The molecule has 0 bridgehead atoms. The van der Waals surface area contributed by atoms with Crippen LogP contribution in [0.15, 0.2) is 66.7 Å². The van der Waals surface area contributed by atoms with Gasteiger partial charge in [0.15, 0.2) is 0 Å². The van der Waals surface area contributed by atoms with Gasteiger partial charge in [-0.3, -0.25) is 4.79 Å². The minimum Gasteiger partial charge on any atom is -0.373 e. The van der Waals surface area contributed by atoms with E-state index >= 15 is 0 Å². The van der Waals surface area contributed by atoms with Crippen LogP contribution in [-0.2, 0) is 11.3 Å². The zero-order valence-corrected chi connectivity index (χ0v) is 19.1. The third-order valence-corrected chi connectivity index (χ3v) is 5.78. The number of carbonyl (C=O) groups excluding carboxylic acids is 1. The van der Waals surface area contributed by atoms with Crippen molar-refractivity contribution in [3.63, 3.8) is 0 Å². The van der Waals surface area contributed by atoms with E-state index in [-0.39, 0.29) is 11.9 Å². The zero-order chi connectivity index (χ0) is 22.7. The van der Waals surface area contributed by atoms with Gasteiger partial charge in [0.2, 0.25) is 5.91 Å². The van der Waals surface area contributed by atoms with E-state index in [1.54, 1.807) is 0 Å². The van der Waals surface area contributed by atoms with Crippen molar-refractivity contribution < 1.29 is 4.79 Å². The van der Waals surface area contributed by atoms with E-state index in [0.717, 1.165) is 51.2 Å². The summed E-state index contributed by atoms with van der Waals surface area (Å²) in [5, 5.41) is 3.41. The first-order chi connectivity index (χ1) is 15.6. The highest BCUT2D eigenvalue weighted by molar-refractivity contribution is 5.87. The number of imidazole rings is 1. The first-order valence-electron chi connectivity index (χ1n) is 11.3. The Kier molecular flexibility index (Phi) is 6.26. The molecule has 1 atom stereocenters. The lowest BCUT2D eigenvalue weighted by atomic mass is 9.99. The maximum atomic E-state index is 12.5. The fourth-order valence-electron chi connectivity index (χ4n) is 4.11. The maximum absolute atomic E-state index is 12.5. The van der Waals surface area contributed by atoms with Crippen LogP contribution in [0.25, 0.3) is 33.5 Å². The van der Waals surface area contributed by atoms with Gasteiger partial charge in [0.25, 0.3) is 0 Å². The SMILES string of the molecule is CC.CCC1Nc2ccc(-c3cccc(-c4nc5ccccc5[nH]4)c3)cc2CN(C)C1=O. The van der Waals surface area contributed by atoms with Gasteiger partial charge in [0, 0.05) is 24.8 Å². The Morgan fingerprint density at radius 1 is 0.969 bits per heavy atom. The number of aromatic amines is 1. The fraction of sp³-hybridized carbons (Fsp3) is 0.259. The Bertz CT molecular complexity index is 1210. The Morgan fingerprint density at radius 2 is 1.72 bits per heavy atom. The summed E-state index contributed by atoms with van der Waals surface area (Å²) >= 11 is 0. The molecular formula is C27H30N4O. The van der Waals surface area contributed by atoms with Gasteiger partial charge in [-0.1, -0.05) is 57.2 Å². The van der Waals surface area contributed by atoms with Crippen LogP contribution in [0.3, 0.4) is 0 Å². The molecule has 1 unspecified atom stereocenters. The number of fused-ring (bicyclic) bond motifs is 2. The summed E-state index contributed by atoms with van der Waals surface area (Å²) in [6.07, 6.45) is 0.768. The van der Waals surface area contributed by atoms with Crippen molar-refractivity contribution >= 4 is 22.6 Å². The van der Waals surface area contributed by atoms with E-state index in [2.05, 4.69) is 52.8 Å². The second-order valence-corrected chi connectivity index (χ2v) is 7.85. The second kappa shape index (κ2) is 9.27. The molecular weight excluding hydrogens is 396 g/mol. The van der Waals surface area contributed by atoms with E-state index in [1.165, 1.54) is 0 Å². The van der Waals surface area contributed by atoms with Crippen molar-refractivity contribution in [3.8, 4) is 22.5 Å². The summed E-state index contributed by atoms with van der Waals surface area (Å²) in [4.78, 5) is 22.5. The lowest BCUT2D eigenvalue weighted by Crippen LogP contribution is -2.37. The average Bonchev–Trinajstić information content (AvgIpc) is 3.23. The summed E-state index contributed by atoms with van der Waals surface area (Å²) in [6, 6.07) is 22.7. The van der Waals surface area contributed by atoms with E-state index in [1.807, 2.05) is 57.0 Å². The summed E-state index contributed by atoms with van der Waals surface area (Å²) in [6.45, 7) is 6.64. The van der Waals surface area contributed by atoms with Crippen LogP contribution in [0.4, 0.5) is 5.69 Å². The zero-order valence-electron chi connectivity index (χ0n) is 19.1. The van der Waals surface area contributed by atoms with Crippen LogP contribution in [0.5, 0.6) is 0 Å². The minimum atomic E-state index is -0.168. The number of aromatic nitrogens is 2. The maximum Gasteiger partial charge on any atom is 0.245 e. The number of H-pyrrole nitrogens is 1. The van der Waals surface area contributed by atoms with Crippen molar-refractivity contribution in [2.75, 3.05) is 12.4 Å². The van der Waals surface area contributed by atoms with Crippen LogP contribution in [-0.4, -0.2) is 33.9 Å². The number of nitrogens with zero attached hydrogens (tertiary/aromatic N) is 2. The second-order valence-electron chi connectivity index (χ2n) is 7.85. The Labute approximate surface area is 189 Å². The number of benzene rings is 3. The van der Waals surface area contributed by atoms with Crippen LogP contribution < -0.4 is 5.32 Å². The van der Waals surface area contributed by atoms with Gasteiger partial charge in [0.05, 0.1) is 11.0 Å². The van der Waals surface area contributed by atoms with Gasteiger partial charge in [-0.25, -0.2) is 4.98 Å². The van der Waals surface area contributed by atoms with Crippen LogP contribution in [0, 0.1) is 0 Å². The van der Waals surface area contributed by atoms with Crippen molar-refractivity contribution in [1.29, 1.82) is 0 Å². The molecule has 1 aliphatic rings. The Morgan fingerprint density at radius 3 is 2.50 bits per heavy atom. The quantitative estimate of drug-likeness (QED) is 0.417. The Balaban J connectivity index is 0.00000119.